The van der Waals surface area contributed by atoms with Gasteiger partial charge >= 0.3 is 0 Å². The lowest BCUT2D eigenvalue weighted by Gasteiger charge is -2.33. The molecule has 0 spiro atoms. The minimum Gasteiger partial charge on any atom is -0.497 e. The van der Waals surface area contributed by atoms with Crippen LogP contribution in [-0.4, -0.2) is 30.5 Å². The molecule has 1 aromatic rings. The quantitative estimate of drug-likeness (QED) is 0.801. The van der Waals surface area contributed by atoms with Crippen LogP contribution in [0.5, 0.6) is 5.75 Å². The smallest absolute Gasteiger partial charge is 0.254 e. The molecule has 18 heavy (non-hydrogen) atoms. The number of hydrogen-bond donors (Lipinski definition) is 0. The molecule has 1 saturated carbocycles. The Hall–Kier alpha value is -1.51. The van der Waals surface area contributed by atoms with E-state index in [0.29, 0.717) is 6.04 Å². The van der Waals surface area contributed by atoms with Crippen molar-refractivity contribution in [2.45, 2.75) is 38.1 Å². The second-order valence-corrected chi connectivity index (χ2v) is 5.21. The third kappa shape index (κ3) is 1.88. The predicted octanol–water partition coefficient (Wildman–Crippen LogP) is 2.64. The Balaban J connectivity index is 1.90. The molecular weight excluding hydrogens is 226 g/mol. The zero-order valence-electron chi connectivity index (χ0n) is 10.8. The summed E-state index contributed by atoms with van der Waals surface area (Å²) in [7, 11) is 1.64. The SMILES string of the molecule is COc1ccc2c(c1)C(=O)N(C1CCCC1)CC2. The number of rotatable bonds is 2. The fourth-order valence-electron chi connectivity index (χ4n) is 3.16. The van der Waals surface area contributed by atoms with Crippen molar-refractivity contribution in [1.82, 2.24) is 4.90 Å². The molecule has 1 fully saturated rings. The minimum atomic E-state index is 0.196. The fraction of sp³-hybridized carbons (Fsp3) is 0.533. The Labute approximate surface area is 108 Å². The number of carbonyl (C=O) groups excluding carboxylic acids is 1. The van der Waals surface area contributed by atoms with E-state index in [2.05, 4.69) is 4.90 Å². The number of nitrogens with zero attached hydrogens (tertiary/aromatic N) is 1. The van der Waals surface area contributed by atoms with Gasteiger partial charge in [-0.3, -0.25) is 4.79 Å². The highest BCUT2D eigenvalue weighted by Crippen LogP contribution is 2.30. The van der Waals surface area contributed by atoms with Gasteiger partial charge in [-0.25, -0.2) is 0 Å². The number of methoxy groups -OCH3 is 1. The van der Waals surface area contributed by atoms with Crippen LogP contribution in [0, 0.1) is 0 Å². The first-order chi connectivity index (χ1) is 8.79. The summed E-state index contributed by atoms with van der Waals surface area (Å²) >= 11 is 0. The van der Waals surface area contributed by atoms with Crippen molar-refractivity contribution in [3.63, 3.8) is 0 Å². The van der Waals surface area contributed by atoms with Crippen molar-refractivity contribution >= 4 is 5.91 Å². The summed E-state index contributed by atoms with van der Waals surface area (Å²) < 4.78 is 5.22. The van der Waals surface area contributed by atoms with Gasteiger partial charge in [0.1, 0.15) is 5.75 Å². The predicted molar refractivity (Wildman–Crippen MR) is 70.0 cm³/mol. The summed E-state index contributed by atoms with van der Waals surface area (Å²) in [5.41, 5.74) is 2.00. The van der Waals surface area contributed by atoms with Crippen molar-refractivity contribution in [3.05, 3.63) is 29.3 Å². The van der Waals surface area contributed by atoms with Crippen molar-refractivity contribution in [3.8, 4) is 5.75 Å². The van der Waals surface area contributed by atoms with Crippen molar-refractivity contribution < 1.29 is 9.53 Å². The molecule has 2 aliphatic rings. The van der Waals surface area contributed by atoms with E-state index >= 15 is 0 Å². The number of hydrogen-bond acceptors (Lipinski definition) is 2. The molecule has 0 atom stereocenters. The van der Waals surface area contributed by atoms with Crippen LogP contribution in [0.4, 0.5) is 0 Å². The molecule has 3 rings (SSSR count). The molecule has 0 radical (unpaired) electrons. The van der Waals surface area contributed by atoms with E-state index in [4.69, 9.17) is 4.74 Å². The molecular formula is C15H19NO2. The van der Waals surface area contributed by atoms with E-state index in [0.717, 1.165) is 29.8 Å². The maximum atomic E-state index is 12.5. The summed E-state index contributed by atoms with van der Waals surface area (Å²) in [6, 6.07) is 6.32. The summed E-state index contributed by atoms with van der Waals surface area (Å²) in [4.78, 5) is 14.6. The molecule has 1 heterocycles. The van der Waals surface area contributed by atoms with Gasteiger partial charge in [0.2, 0.25) is 0 Å². The zero-order chi connectivity index (χ0) is 12.5. The Morgan fingerprint density at radius 2 is 2.06 bits per heavy atom. The number of benzene rings is 1. The lowest BCUT2D eigenvalue weighted by molar-refractivity contribution is 0.0663. The van der Waals surface area contributed by atoms with Crippen LogP contribution in [0.25, 0.3) is 0 Å². The van der Waals surface area contributed by atoms with Crippen molar-refractivity contribution in [2.24, 2.45) is 0 Å². The number of carbonyl (C=O) groups is 1. The fourth-order valence-corrected chi connectivity index (χ4v) is 3.16. The molecule has 0 unspecified atom stereocenters. The van der Waals surface area contributed by atoms with Crippen LogP contribution >= 0.6 is 0 Å². The molecule has 1 amide bonds. The average Bonchev–Trinajstić information content (AvgIpc) is 2.93. The van der Waals surface area contributed by atoms with Gasteiger partial charge < -0.3 is 9.64 Å². The normalized spacial score (nSPS) is 20.1. The molecule has 1 aliphatic carbocycles. The molecule has 0 bridgehead atoms. The Bertz CT molecular complexity index is 464. The Kier molecular flexibility index (Phi) is 2.98. The molecule has 0 saturated heterocycles. The zero-order valence-corrected chi connectivity index (χ0v) is 10.8. The molecule has 0 aromatic heterocycles. The van der Waals surface area contributed by atoms with Crippen LogP contribution in [0.15, 0.2) is 18.2 Å². The van der Waals surface area contributed by atoms with Crippen LogP contribution in [-0.2, 0) is 6.42 Å². The minimum absolute atomic E-state index is 0.196. The molecule has 1 aliphatic heterocycles. The van der Waals surface area contributed by atoms with Gasteiger partial charge in [0.15, 0.2) is 0 Å². The summed E-state index contributed by atoms with van der Waals surface area (Å²) in [6.45, 7) is 0.878. The van der Waals surface area contributed by atoms with E-state index in [-0.39, 0.29) is 5.91 Å². The molecule has 96 valence electrons. The highest BCUT2D eigenvalue weighted by atomic mass is 16.5. The second-order valence-electron chi connectivity index (χ2n) is 5.21. The first-order valence-electron chi connectivity index (χ1n) is 6.77. The van der Waals surface area contributed by atoms with Crippen LogP contribution in [0.1, 0.15) is 41.6 Å². The van der Waals surface area contributed by atoms with E-state index in [1.54, 1.807) is 7.11 Å². The molecule has 3 nitrogen and oxygen atoms in total. The van der Waals surface area contributed by atoms with Gasteiger partial charge in [-0.2, -0.15) is 0 Å². The maximum Gasteiger partial charge on any atom is 0.254 e. The highest BCUT2D eigenvalue weighted by molar-refractivity contribution is 5.97. The third-order valence-corrected chi connectivity index (χ3v) is 4.20. The third-order valence-electron chi connectivity index (χ3n) is 4.20. The first kappa shape index (κ1) is 11.6. The van der Waals surface area contributed by atoms with Crippen molar-refractivity contribution in [2.75, 3.05) is 13.7 Å². The summed E-state index contributed by atoms with van der Waals surface area (Å²) in [6.07, 6.45) is 5.84. The van der Waals surface area contributed by atoms with Gasteiger partial charge in [-0.05, 0) is 37.0 Å². The van der Waals surface area contributed by atoms with Gasteiger partial charge in [0.05, 0.1) is 7.11 Å². The molecule has 3 heteroatoms. The number of ether oxygens (including phenoxy) is 1. The lowest BCUT2D eigenvalue weighted by atomic mass is 9.97. The number of fused-ring (bicyclic) bond motifs is 1. The van der Waals surface area contributed by atoms with Crippen LogP contribution < -0.4 is 4.74 Å². The van der Waals surface area contributed by atoms with Crippen LogP contribution in [0.3, 0.4) is 0 Å². The van der Waals surface area contributed by atoms with E-state index < -0.39 is 0 Å². The largest absolute Gasteiger partial charge is 0.497 e. The monoisotopic (exact) mass is 245 g/mol. The Morgan fingerprint density at radius 1 is 1.28 bits per heavy atom. The van der Waals surface area contributed by atoms with E-state index in [9.17, 15) is 4.79 Å². The first-order valence-corrected chi connectivity index (χ1v) is 6.77. The summed E-state index contributed by atoms with van der Waals surface area (Å²) in [5.74, 6) is 0.970. The van der Waals surface area contributed by atoms with Gasteiger partial charge in [0.25, 0.3) is 5.91 Å². The lowest BCUT2D eigenvalue weighted by Crippen LogP contribution is -2.43. The number of amides is 1. The molecule has 0 N–H and O–H groups in total. The van der Waals surface area contributed by atoms with Crippen LogP contribution in [0.2, 0.25) is 0 Å². The van der Waals surface area contributed by atoms with Crippen molar-refractivity contribution in [1.29, 1.82) is 0 Å². The van der Waals surface area contributed by atoms with E-state index in [1.165, 1.54) is 25.7 Å². The molecule has 1 aromatic carbocycles. The topological polar surface area (TPSA) is 29.5 Å². The Morgan fingerprint density at radius 3 is 2.78 bits per heavy atom. The standard InChI is InChI=1S/C15H19NO2/c1-18-13-7-6-11-8-9-16(12-4-2-3-5-12)15(17)14(11)10-13/h6-7,10,12H,2-5,8-9H2,1H3. The maximum absolute atomic E-state index is 12.5. The van der Waals surface area contributed by atoms with Gasteiger partial charge in [0, 0.05) is 18.2 Å². The average molecular weight is 245 g/mol. The second kappa shape index (κ2) is 4.63. The van der Waals surface area contributed by atoms with Gasteiger partial charge in [-0.15, -0.1) is 0 Å². The summed E-state index contributed by atoms with van der Waals surface area (Å²) in [5, 5.41) is 0. The van der Waals surface area contributed by atoms with E-state index in [1.807, 2.05) is 18.2 Å². The van der Waals surface area contributed by atoms with Gasteiger partial charge in [-0.1, -0.05) is 18.9 Å². The highest BCUT2D eigenvalue weighted by Gasteiger charge is 2.31.